The number of ether oxygens (including phenoxy) is 1. The molecule has 1 N–H and O–H groups in total. The molecule has 24 heavy (non-hydrogen) atoms. The highest BCUT2D eigenvalue weighted by Gasteiger charge is 2.14. The van der Waals surface area contributed by atoms with Gasteiger partial charge < -0.3 is 14.6 Å². The Morgan fingerprint density at radius 1 is 1.17 bits per heavy atom. The number of nitrogens with zero attached hydrogens (tertiary/aromatic N) is 1. The van der Waals surface area contributed by atoms with Gasteiger partial charge in [-0.2, -0.15) is 0 Å². The lowest BCUT2D eigenvalue weighted by atomic mass is 10.1. The van der Waals surface area contributed by atoms with Crippen molar-refractivity contribution in [2.75, 3.05) is 0 Å². The van der Waals surface area contributed by atoms with Gasteiger partial charge in [-0.05, 0) is 49.7 Å². The molecule has 4 nitrogen and oxygen atoms in total. The molecule has 0 fully saturated rings. The summed E-state index contributed by atoms with van der Waals surface area (Å²) in [6.45, 7) is 4.33. The van der Waals surface area contributed by atoms with Crippen molar-refractivity contribution in [1.29, 1.82) is 0 Å². The molecule has 3 aromatic rings. The minimum atomic E-state index is -0.532. The molecule has 0 aliphatic heterocycles. The summed E-state index contributed by atoms with van der Waals surface area (Å²) >= 11 is 0. The standard InChI is InChI=1S/C20H22N2O2/c1-14-11-17-12-16(9-10-19(17)22(14)3)13-21-20(23)15(2)24-18-7-5-4-6-8-18/h4-12,15H,13H2,1-3H3,(H,21,23)/t15-/m1/s1. The second kappa shape index (κ2) is 6.79. The number of carbonyl (C=O) groups excluding carboxylic acids is 1. The minimum absolute atomic E-state index is 0.122. The molecule has 0 unspecified atom stereocenters. The molecular weight excluding hydrogens is 300 g/mol. The van der Waals surface area contributed by atoms with Gasteiger partial charge in [0.1, 0.15) is 5.75 Å². The zero-order valence-corrected chi connectivity index (χ0v) is 14.2. The lowest BCUT2D eigenvalue weighted by molar-refractivity contribution is -0.127. The third-order valence-electron chi connectivity index (χ3n) is 4.24. The molecule has 0 aliphatic rings. The van der Waals surface area contributed by atoms with Crippen LogP contribution >= 0.6 is 0 Å². The average Bonchev–Trinajstić information content (AvgIpc) is 2.87. The monoisotopic (exact) mass is 322 g/mol. The van der Waals surface area contributed by atoms with E-state index in [0.29, 0.717) is 12.3 Å². The van der Waals surface area contributed by atoms with Gasteiger partial charge in [0.15, 0.2) is 6.10 Å². The Kier molecular flexibility index (Phi) is 4.56. The van der Waals surface area contributed by atoms with Crippen LogP contribution in [0.4, 0.5) is 0 Å². The number of nitrogens with one attached hydrogen (secondary N) is 1. The first-order valence-corrected chi connectivity index (χ1v) is 8.09. The molecule has 1 atom stereocenters. The van der Waals surface area contributed by atoms with E-state index in [0.717, 1.165) is 5.56 Å². The van der Waals surface area contributed by atoms with Gasteiger partial charge in [0.25, 0.3) is 5.91 Å². The Morgan fingerprint density at radius 3 is 2.67 bits per heavy atom. The number of hydrogen-bond donors (Lipinski definition) is 1. The smallest absolute Gasteiger partial charge is 0.261 e. The van der Waals surface area contributed by atoms with Gasteiger partial charge in [-0.3, -0.25) is 4.79 Å². The number of carbonyl (C=O) groups is 1. The van der Waals surface area contributed by atoms with Crippen LogP contribution in [0.25, 0.3) is 10.9 Å². The van der Waals surface area contributed by atoms with Crippen LogP contribution in [0.2, 0.25) is 0 Å². The zero-order valence-electron chi connectivity index (χ0n) is 14.2. The molecule has 3 rings (SSSR count). The van der Waals surface area contributed by atoms with E-state index in [1.54, 1.807) is 6.92 Å². The fourth-order valence-corrected chi connectivity index (χ4v) is 2.74. The fraction of sp³-hybridized carbons (Fsp3) is 0.250. The van der Waals surface area contributed by atoms with Crippen molar-refractivity contribution >= 4 is 16.8 Å². The second-order valence-corrected chi connectivity index (χ2v) is 6.03. The molecule has 1 amide bonds. The van der Waals surface area contributed by atoms with Gasteiger partial charge in [-0.1, -0.05) is 24.3 Å². The Balaban J connectivity index is 1.61. The van der Waals surface area contributed by atoms with Crippen molar-refractivity contribution in [2.45, 2.75) is 26.5 Å². The molecule has 0 saturated heterocycles. The number of aryl methyl sites for hydroxylation is 2. The Morgan fingerprint density at radius 2 is 1.92 bits per heavy atom. The highest BCUT2D eigenvalue weighted by Crippen LogP contribution is 2.19. The Hall–Kier alpha value is -2.75. The van der Waals surface area contributed by atoms with Gasteiger partial charge >= 0.3 is 0 Å². The molecule has 0 saturated carbocycles. The van der Waals surface area contributed by atoms with Crippen LogP contribution in [0.5, 0.6) is 5.75 Å². The Labute approximate surface area is 142 Å². The van der Waals surface area contributed by atoms with Crippen molar-refractivity contribution in [3.05, 3.63) is 65.9 Å². The number of aromatic nitrogens is 1. The van der Waals surface area contributed by atoms with Gasteiger partial charge in [-0.25, -0.2) is 0 Å². The molecule has 1 aromatic heterocycles. The van der Waals surface area contributed by atoms with E-state index < -0.39 is 6.10 Å². The van der Waals surface area contributed by atoms with Crippen LogP contribution in [0.3, 0.4) is 0 Å². The van der Waals surface area contributed by atoms with Crippen molar-refractivity contribution in [3.8, 4) is 5.75 Å². The third kappa shape index (κ3) is 3.43. The molecule has 0 radical (unpaired) electrons. The first kappa shape index (κ1) is 16.1. The van der Waals surface area contributed by atoms with E-state index >= 15 is 0 Å². The van der Waals surface area contributed by atoms with Gasteiger partial charge in [0.2, 0.25) is 0 Å². The number of para-hydroxylation sites is 1. The molecule has 0 aliphatic carbocycles. The van der Waals surface area contributed by atoms with Gasteiger partial charge in [0.05, 0.1) is 0 Å². The summed E-state index contributed by atoms with van der Waals surface area (Å²) in [6.07, 6.45) is -0.532. The largest absolute Gasteiger partial charge is 0.481 e. The third-order valence-corrected chi connectivity index (χ3v) is 4.24. The van der Waals surface area contributed by atoms with E-state index in [4.69, 9.17) is 4.74 Å². The Bertz CT molecular complexity index is 853. The zero-order chi connectivity index (χ0) is 17.1. The number of benzene rings is 2. The second-order valence-electron chi connectivity index (χ2n) is 6.03. The summed E-state index contributed by atoms with van der Waals surface area (Å²) in [4.78, 5) is 12.2. The quantitative estimate of drug-likeness (QED) is 0.780. The molecular formula is C20H22N2O2. The first-order chi connectivity index (χ1) is 11.5. The van der Waals surface area contributed by atoms with Crippen LogP contribution in [0.15, 0.2) is 54.6 Å². The van der Waals surface area contributed by atoms with E-state index in [-0.39, 0.29) is 5.91 Å². The van der Waals surface area contributed by atoms with Crippen LogP contribution in [0.1, 0.15) is 18.2 Å². The average molecular weight is 322 g/mol. The highest BCUT2D eigenvalue weighted by atomic mass is 16.5. The van der Waals surface area contributed by atoms with Crippen LogP contribution in [-0.2, 0) is 18.4 Å². The maximum Gasteiger partial charge on any atom is 0.261 e. The topological polar surface area (TPSA) is 43.3 Å². The van der Waals surface area contributed by atoms with Gasteiger partial charge in [-0.15, -0.1) is 0 Å². The summed E-state index contributed by atoms with van der Waals surface area (Å²) in [7, 11) is 2.06. The maximum atomic E-state index is 12.2. The van der Waals surface area contributed by atoms with Crippen molar-refractivity contribution in [2.24, 2.45) is 7.05 Å². The van der Waals surface area contributed by atoms with E-state index in [1.165, 1.54) is 16.6 Å². The molecule has 1 heterocycles. The normalized spacial score (nSPS) is 12.1. The van der Waals surface area contributed by atoms with Crippen molar-refractivity contribution < 1.29 is 9.53 Å². The SMILES string of the molecule is Cc1cc2cc(CNC(=O)[C@@H](C)Oc3ccccc3)ccc2n1C. The van der Waals surface area contributed by atoms with Crippen molar-refractivity contribution in [3.63, 3.8) is 0 Å². The van der Waals surface area contributed by atoms with Crippen LogP contribution in [0, 0.1) is 6.92 Å². The maximum absolute atomic E-state index is 12.2. The van der Waals surface area contributed by atoms with Crippen LogP contribution < -0.4 is 10.1 Å². The predicted molar refractivity (Wildman–Crippen MR) is 96.0 cm³/mol. The van der Waals surface area contributed by atoms with E-state index in [9.17, 15) is 4.79 Å². The van der Waals surface area contributed by atoms with Crippen molar-refractivity contribution in [1.82, 2.24) is 9.88 Å². The predicted octanol–water partition coefficient (Wildman–Crippen LogP) is 3.57. The van der Waals surface area contributed by atoms with Crippen LogP contribution in [-0.4, -0.2) is 16.6 Å². The number of rotatable bonds is 5. The van der Waals surface area contributed by atoms with E-state index in [1.807, 2.05) is 36.4 Å². The lowest BCUT2D eigenvalue weighted by Gasteiger charge is -2.14. The fourth-order valence-electron chi connectivity index (χ4n) is 2.74. The molecule has 0 spiro atoms. The summed E-state index contributed by atoms with van der Waals surface area (Å²) < 4.78 is 7.80. The molecule has 4 heteroatoms. The summed E-state index contributed by atoms with van der Waals surface area (Å²) in [6, 6.07) is 17.8. The van der Waals surface area contributed by atoms with Gasteiger partial charge in [0, 0.05) is 30.2 Å². The molecule has 0 bridgehead atoms. The summed E-state index contributed by atoms with van der Waals surface area (Å²) in [5, 5.41) is 4.12. The van der Waals surface area contributed by atoms with E-state index in [2.05, 4.69) is 42.1 Å². The number of hydrogen-bond acceptors (Lipinski definition) is 2. The number of fused-ring (bicyclic) bond motifs is 1. The lowest BCUT2D eigenvalue weighted by Crippen LogP contribution is -2.35. The molecule has 2 aromatic carbocycles. The summed E-state index contributed by atoms with van der Waals surface area (Å²) in [5.41, 5.74) is 3.49. The summed E-state index contributed by atoms with van der Waals surface area (Å²) in [5.74, 6) is 0.574. The molecule has 124 valence electrons. The minimum Gasteiger partial charge on any atom is -0.481 e. The number of amides is 1. The first-order valence-electron chi connectivity index (χ1n) is 8.09. The highest BCUT2D eigenvalue weighted by molar-refractivity contribution is 5.83.